The predicted molar refractivity (Wildman–Crippen MR) is 104 cm³/mol. The van der Waals surface area contributed by atoms with Crippen molar-refractivity contribution in [1.82, 2.24) is 14.9 Å². The maximum Gasteiger partial charge on any atom is 0.433 e. The average Bonchev–Trinajstić information content (AvgIpc) is 2.72. The van der Waals surface area contributed by atoms with Crippen LogP contribution in [-0.4, -0.2) is 47.0 Å². The number of hydrogen-bond donors (Lipinski definition) is 0. The van der Waals surface area contributed by atoms with Crippen LogP contribution in [0.2, 0.25) is 0 Å². The Kier molecular flexibility index (Phi) is 4.86. The topological polar surface area (TPSA) is 49.3 Å². The van der Waals surface area contributed by atoms with Crippen LogP contribution in [0, 0.1) is 0 Å². The van der Waals surface area contributed by atoms with Gasteiger partial charge in [-0.1, -0.05) is 30.3 Å². The number of carbonyl (C=O) groups is 1. The van der Waals surface area contributed by atoms with E-state index >= 15 is 0 Å². The van der Waals surface area contributed by atoms with Crippen molar-refractivity contribution in [3.05, 3.63) is 54.4 Å². The number of piperazine rings is 1. The van der Waals surface area contributed by atoms with Crippen molar-refractivity contribution in [1.29, 1.82) is 0 Å². The van der Waals surface area contributed by atoms with Crippen molar-refractivity contribution < 1.29 is 18.0 Å². The first-order valence-electron chi connectivity index (χ1n) is 9.27. The van der Waals surface area contributed by atoms with Crippen LogP contribution in [-0.2, 0) is 11.0 Å². The van der Waals surface area contributed by atoms with Crippen LogP contribution >= 0.6 is 0 Å². The molecular weight excluding hydrogens is 381 g/mol. The summed E-state index contributed by atoms with van der Waals surface area (Å²) in [5.74, 6) is 0.600. The Balaban J connectivity index is 1.82. The fraction of sp³-hybridized carbons (Fsp3) is 0.286. The summed E-state index contributed by atoms with van der Waals surface area (Å²) in [5.41, 5.74) is 0.647. The fourth-order valence-electron chi connectivity index (χ4n) is 3.57. The molecule has 1 aliphatic rings. The molecule has 3 heterocycles. The second-order valence-electron chi connectivity index (χ2n) is 6.95. The van der Waals surface area contributed by atoms with Crippen molar-refractivity contribution in [3.63, 3.8) is 0 Å². The second kappa shape index (κ2) is 7.35. The molecule has 0 aliphatic carbocycles. The molecule has 0 atom stereocenters. The SMILES string of the molecule is CC(=O)N1CCN(c2ncc(-c3ccccc3)c3nc(C(F)(F)F)ccc23)CC1. The normalized spacial score (nSPS) is 15.0. The molecule has 4 rings (SSSR count). The van der Waals surface area contributed by atoms with Gasteiger partial charge in [0.2, 0.25) is 5.91 Å². The number of benzene rings is 1. The second-order valence-corrected chi connectivity index (χ2v) is 6.95. The number of anilines is 1. The number of rotatable bonds is 2. The molecule has 0 spiro atoms. The van der Waals surface area contributed by atoms with Crippen molar-refractivity contribution in [2.24, 2.45) is 0 Å². The van der Waals surface area contributed by atoms with Crippen LogP contribution < -0.4 is 4.90 Å². The van der Waals surface area contributed by atoms with Gasteiger partial charge in [-0.15, -0.1) is 0 Å². The van der Waals surface area contributed by atoms with Crippen LogP contribution in [0.5, 0.6) is 0 Å². The number of hydrogen-bond acceptors (Lipinski definition) is 4. The molecule has 1 aliphatic heterocycles. The number of nitrogens with zero attached hydrogens (tertiary/aromatic N) is 4. The van der Waals surface area contributed by atoms with E-state index in [2.05, 4.69) is 9.97 Å². The van der Waals surface area contributed by atoms with Gasteiger partial charge in [-0.05, 0) is 17.7 Å². The maximum absolute atomic E-state index is 13.3. The van der Waals surface area contributed by atoms with E-state index in [-0.39, 0.29) is 11.4 Å². The van der Waals surface area contributed by atoms with E-state index < -0.39 is 11.9 Å². The summed E-state index contributed by atoms with van der Waals surface area (Å²) in [6, 6.07) is 11.6. The van der Waals surface area contributed by atoms with E-state index in [0.29, 0.717) is 42.9 Å². The van der Waals surface area contributed by atoms with Gasteiger partial charge in [0.1, 0.15) is 11.5 Å². The predicted octanol–water partition coefficient (Wildman–Crippen LogP) is 3.98. The number of alkyl halides is 3. The lowest BCUT2D eigenvalue weighted by atomic mass is 10.0. The first-order valence-corrected chi connectivity index (χ1v) is 9.27. The molecule has 8 heteroatoms. The monoisotopic (exact) mass is 400 g/mol. The third kappa shape index (κ3) is 3.74. The van der Waals surface area contributed by atoms with Crippen LogP contribution in [0.4, 0.5) is 19.0 Å². The molecule has 1 amide bonds. The summed E-state index contributed by atoms with van der Waals surface area (Å²) in [7, 11) is 0. The van der Waals surface area contributed by atoms with Gasteiger partial charge in [-0.25, -0.2) is 9.97 Å². The van der Waals surface area contributed by atoms with E-state index in [1.807, 2.05) is 35.2 Å². The Labute approximate surface area is 165 Å². The highest BCUT2D eigenvalue weighted by molar-refractivity contribution is 5.99. The van der Waals surface area contributed by atoms with Crippen LogP contribution in [0.3, 0.4) is 0 Å². The van der Waals surface area contributed by atoms with Gasteiger partial charge in [-0.3, -0.25) is 4.79 Å². The molecule has 1 aromatic carbocycles. The summed E-state index contributed by atoms with van der Waals surface area (Å²) in [5, 5.41) is 0.565. The van der Waals surface area contributed by atoms with E-state index in [1.165, 1.54) is 13.0 Å². The van der Waals surface area contributed by atoms with Crippen molar-refractivity contribution >= 4 is 22.6 Å². The highest BCUT2D eigenvalue weighted by Crippen LogP contribution is 2.35. The van der Waals surface area contributed by atoms with Gasteiger partial charge in [0, 0.05) is 50.2 Å². The summed E-state index contributed by atoms with van der Waals surface area (Å²) in [6.45, 7) is 3.75. The van der Waals surface area contributed by atoms with Gasteiger partial charge in [0.05, 0.1) is 5.52 Å². The first-order chi connectivity index (χ1) is 13.8. The molecule has 0 radical (unpaired) electrons. The standard InChI is InChI=1S/C21H19F3N4O/c1-14(29)27-9-11-28(12-10-27)20-16-7-8-18(21(22,23)24)26-19(16)17(13-25-20)15-5-3-2-4-6-15/h2-8,13H,9-12H2,1H3. The van der Waals surface area contributed by atoms with Gasteiger partial charge >= 0.3 is 6.18 Å². The van der Waals surface area contributed by atoms with E-state index in [4.69, 9.17) is 0 Å². The summed E-state index contributed by atoms with van der Waals surface area (Å²) in [4.78, 5) is 23.8. The van der Waals surface area contributed by atoms with Crippen molar-refractivity contribution in [2.75, 3.05) is 31.1 Å². The molecule has 150 valence electrons. The van der Waals surface area contributed by atoms with Crippen LogP contribution in [0.25, 0.3) is 22.0 Å². The minimum Gasteiger partial charge on any atom is -0.353 e. The molecule has 2 aromatic heterocycles. The van der Waals surface area contributed by atoms with Crippen molar-refractivity contribution in [2.45, 2.75) is 13.1 Å². The lowest BCUT2D eigenvalue weighted by molar-refractivity contribution is -0.141. The zero-order chi connectivity index (χ0) is 20.6. The smallest absolute Gasteiger partial charge is 0.353 e. The largest absolute Gasteiger partial charge is 0.433 e. The average molecular weight is 400 g/mol. The molecule has 0 N–H and O–H groups in total. The molecule has 0 saturated carbocycles. The van der Waals surface area contributed by atoms with Crippen molar-refractivity contribution in [3.8, 4) is 11.1 Å². The van der Waals surface area contributed by atoms with Gasteiger partial charge < -0.3 is 9.80 Å². The molecular formula is C21H19F3N4O. The Bertz CT molecular complexity index is 1040. The van der Waals surface area contributed by atoms with Gasteiger partial charge in [0.25, 0.3) is 0 Å². The fourth-order valence-corrected chi connectivity index (χ4v) is 3.57. The van der Waals surface area contributed by atoms with Crippen LogP contribution in [0.15, 0.2) is 48.7 Å². The lowest BCUT2D eigenvalue weighted by Crippen LogP contribution is -2.48. The van der Waals surface area contributed by atoms with E-state index in [1.54, 1.807) is 11.1 Å². The third-order valence-electron chi connectivity index (χ3n) is 5.11. The molecule has 5 nitrogen and oxygen atoms in total. The Morgan fingerprint density at radius 2 is 1.69 bits per heavy atom. The summed E-state index contributed by atoms with van der Waals surface area (Å²) in [6.07, 6.45) is -2.95. The molecule has 29 heavy (non-hydrogen) atoms. The molecule has 1 saturated heterocycles. The Morgan fingerprint density at radius 3 is 2.31 bits per heavy atom. The zero-order valence-electron chi connectivity index (χ0n) is 15.8. The maximum atomic E-state index is 13.3. The van der Waals surface area contributed by atoms with Gasteiger partial charge in [0.15, 0.2) is 0 Å². The number of carbonyl (C=O) groups excluding carboxylic acids is 1. The summed E-state index contributed by atoms with van der Waals surface area (Å²) < 4.78 is 39.9. The number of amides is 1. The number of pyridine rings is 2. The molecule has 0 unspecified atom stereocenters. The van der Waals surface area contributed by atoms with Gasteiger partial charge in [-0.2, -0.15) is 13.2 Å². The molecule has 3 aromatic rings. The third-order valence-corrected chi connectivity index (χ3v) is 5.11. The minimum absolute atomic E-state index is 0.0124. The minimum atomic E-state index is -4.53. The highest BCUT2D eigenvalue weighted by atomic mass is 19.4. The number of halogens is 3. The zero-order valence-corrected chi connectivity index (χ0v) is 15.8. The Morgan fingerprint density at radius 1 is 1.00 bits per heavy atom. The lowest BCUT2D eigenvalue weighted by Gasteiger charge is -2.35. The molecule has 0 bridgehead atoms. The highest BCUT2D eigenvalue weighted by Gasteiger charge is 2.33. The number of aromatic nitrogens is 2. The molecule has 1 fully saturated rings. The Hall–Kier alpha value is -3.16. The first kappa shape index (κ1) is 19.2. The quantitative estimate of drug-likeness (QED) is 0.653. The van der Waals surface area contributed by atoms with E-state index in [0.717, 1.165) is 11.6 Å². The summed E-state index contributed by atoms with van der Waals surface area (Å²) >= 11 is 0. The van der Waals surface area contributed by atoms with Crippen LogP contribution in [0.1, 0.15) is 12.6 Å². The van der Waals surface area contributed by atoms with E-state index in [9.17, 15) is 18.0 Å². The number of fused-ring (bicyclic) bond motifs is 1.